The first kappa shape index (κ1) is 22.7. The number of halogens is 6. The molecule has 0 radical (unpaired) electrons. The number of alkyl halides is 6. The monoisotopic (exact) mass is 459 g/mol. The van der Waals surface area contributed by atoms with Gasteiger partial charge in [-0.2, -0.15) is 26.3 Å². The Morgan fingerprint density at radius 2 is 1.47 bits per heavy atom. The van der Waals surface area contributed by atoms with E-state index in [-0.39, 0.29) is 6.54 Å². The van der Waals surface area contributed by atoms with Crippen LogP contribution in [0.2, 0.25) is 0 Å². The summed E-state index contributed by atoms with van der Waals surface area (Å²) in [7, 11) is 0. The van der Waals surface area contributed by atoms with E-state index in [0.29, 0.717) is 49.2 Å². The Morgan fingerprint density at radius 1 is 0.781 bits per heavy atom. The van der Waals surface area contributed by atoms with Crippen molar-refractivity contribution in [3.63, 3.8) is 0 Å². The highest BCUT2D eigenvalue weighted by atomic mass is 19.4. The second-order valence-electron chi connectivity index (χ2n) is 8.20. The number of carbonyl (C=O) groups excluding carboxylic acids is 1. The molecule has 2 heterocycles. The van der Waals surface area contributed by atoms with Crippen LogP contribution >= 0.6 is 0 Å². The van der Waals surface area contributed by atoms with E-state index in [1.54, 1.807) is 29.2 Å². The average molecular weight is 459 g/mol. The van der Waals surface area contributed by atoms with Crippen LogP contribution in [0.15, 0.2) is 30.3 Å². The summed E-state index contributed by atoms with van der Waals surface area (Å²) in [4.78, 5) is 17.8. The van der Waals surface area contributed by atoms with Gasteiger partial charge in [0.25, 0.3) is 5.91 Å². The second kappa shape index (κ2) is 8.46. The maximum Gasteiger partial charge on any atom is 0.390 e. The number of benzene rings is 2. The number of hydrogen-bond acceptors (Lipinski definition) is 3. The molecule has 2 aliphatic heterocycles. The van der Waals surface area contributed by atoms with Crippen LogP contribution in [0.5, 0.6) is 0 Å². The van der Waals surface area contributed by atoms with Gasteiger partial charge in [0, 0.05) is 54.7 Å². The Balaban J connectivity index is 1.57. The molecule has 4 rings (SSSR count). The molecular weight excluding hydrogens is 436 g/mol. The van der Waals surface area contributed by atoms with E-state index in [4.69, 9.17) is 0 Å². The number of hydrogen-bond donors (Lipinski definition) is 0. The molecule has 4 nitrogen and oxygen atoms in total. The van der Waals surface area contributed by atoms with Crippen LogP contribution in [0.3, 0.4) is 0 Å². The highest BCUT2D eigenvalue weighted by molar-refractivity contribution is 6.26. The fraction of sp³-hybridized carbons (Fsp3) is 0.500. The summed E-state index contributed by atoms with van der Waals surface area (Å²) in [5.74, 6) is -0.443. The molecule has 0 atom stereocenters. The Hall–Kier alpha value is -2.49. The topological polar surface area (TPSA) is 26.8 Å². The van der Waals surface area contributed by atoms with Crippen molar-refractivity contribution in [2.45, 2.75) is 31.6 Å². The average Bonchev–Trinajstić information content (AvgIpc) is 2.86. The van der Waals surface area contributed by atoms with E-state index >= 15 is 0 Å². The number of carbonyl (C=O) groups is 1. The number of nitrogens with zero attached hydrogens (tertiary/aromatic N) is 3. The minimum atomic E-state index is -4.36. The first-order valence-electron chi connectivity index (χ1n) is 10.5. The summed E-state index contributed by atoms with van der Waals surface area (Å²) in [6, 6.07) is 8.64. The standard InChI is InChI=1S/C22H23F6N3O/c23-21(24,25)7-11-29-9-2-10-30(14-13-29)17-5-6-18-19-15(17)3-1-4-16(19)20(32)31(18)12-8-22(26,27)28/h1,3-6H,2,7-14H2. The van der Waals surface area contributed by atoms with Crippen LogP contribution in [0.1, 0.15) is 29.6 Å². The summed E-state index contributed by atoms with van der Waals surface area (Å²) in [5, 5.41) is 1.40. The third-order valence-electron chi connectivity index (χ3n) is 6.02. The molecule has 10 heteroatoms. The summed E-state index contributed by atoms with van der Waals surface area (Å²) in [6.07, 6.45) is -9.79. The molecule has 0 saturated carbocycles. The predicted octanol–water partition coefficient (Wildman–Crippen LogP) is 5.22. The van der Waals surface area contributed by atoms with Crippen LogP contribution in [0.4, 0.5) is 37.7 Å². The van der Waals surface area contributed by atoms with Gasteiger partial charge < -0.3 is 14.7 Å². The molecule has 0 spiro atoms. The van der Waals surface area contributed by atoms with Crippen LogP contribution in [-0.2, 0) is 0 Å². The first-order chi connectivity index (χ1) is 15.0. The predicted molar refractivity (Wildman–Crippen MR) is 110 cm³/mol. The molecule has 1 saturated heterocycles. The quantitative estimate of drug-likeness (QED) is 0.574. The third-order valence-corrected chi connectivity index (χ3v) is 6.02. The van der Waals surface area contributed by atoms with Gasteiger partial charge in [0.15, 0.2) is 0 Å². The minimum absolute atomic E-state index is 0.0379. The molecule has 1 fully saturated rings. The smallest absolute Gasteiger partial charge is 0.370 e. The Kier molecular flexibility index (Phi) is 6.00. The Labute approximate surface area is 181 Å². The van der Waals surface area contributed by atoms with Gasteiger partial charge in [-0.15, -0.1) is 0 Å². The summed E-state index contributed by atoms with van der Waals surface area (Å²) in [5.41, 5.74) is 1.69. The van der Waals surface area contributed by atoms with Crippen molar-refractivity contribution in [1.82, 2.24) is 4.90 Å². The summed E-state index contributed by atoms with van der Waals surface area (Å²) >= 11 is 0. The third kappa shape index (κ3) is 4.79. The molecule has 0 unspecified atom stereocenters. The van der Waals surface area contributed by atoms with Gasteiger partial charge in [0.1, 0.15) is 0 Å². The normalized spacial score (nSPS) is 18.0. The molecule has 0 bridgehead atoms. The fourth-order valence-corrected chi connectivity index (χ4v) is 4.49. The van der Waals surface area contributed by atoms with Crippen LogP contribution in [0, 0.1) is 0 Å². The van der Waals surface area contributed by atoms with E-state index in [0.717, 1.165) is 11.1 Å². The SMILES string of the molecule is O=C1c2cccc3c(N4CCCN(CCC(F)(F)F)CC4)ccc(c23)N1CCC(F)(F)F. The highest BCUT2D eigenvalue weighted by Crippen LogP contribution is 2.42. The number of amides is 1. The first-order valence-corrected chi connectivity index (χ1v) is 10.5. The lowest BCUT2D eigenvalue weighted by Gasteiger charge is -2.26. The lowest BCUT2D eigenvalue weighted by atomic mass is 10.0. The minimum Gasteiger partial charge on any atom is -0.370 e. The van der Waals surface area contributed by atoms with Crippen molar-refractivity contribution in [3.8, 4) is 0 Å². The lowest BCUT2D eigenvalue weighted by molar-refractivity contribution is -0.137. The molecule has 0 aliphatic carbocycles. The molecule has 1 amide bonds. The van der Waals surface area contributed by atoms with Gasteiger partial charge in [-0.3, -0.25) is 4.79 Å². The van der Waals surface area contributed by atoms with Gasteiger partial charge in [0.05, 0.1) is 18.5 Å². The van der Waals surface area contributed by atoms with Crippen molar-refractivity contribution in [3.05, 3.63) is 35.9 Å². The fourth-order valence-electron chi connectivity index (χ4n) is 4.49. The van der Waals surface area contributed by atoms with Gasteiger partial charge in [-0.25, -0.2) is 0 Å². The maximum absolute atomic E-state index is 12.8. The van der Waals surface area contributed by atoms with Crippen LogP contribution in [-0.4, -0.2) is 62.4 Å². The number of anilines is 2. The molecule has 32 heavy (non-hydrogen) atoms. The van der Waals surface area contributed by atoms with E-state index in [1.807, 2.05) is 6.07 Å². The van der Waals surface area contributed by atoms with Crippen molar-refractivity contribution >= 4 is 28.1 Å². The molecule has 174 valence electrons. The molecule has 2 aromatic rings. The summed E-state index contributed by atoms with van der Waals surface area (Å²) in [6.45, 7) is 1.75. The zero-order valence-electron chi connectivity index (χ0n) is 17.3. The molecular formula is C22H23F6N3O. The van der Waals surface area contributed by atoms with E-state index in [9.17, 15) is 31.1 Å². The van der Waals surface area contributed by atoms with E-state index in [1.165, 1.54) is 4.90 Å². The Bertz CT molecular complexity index is 1000. The van der Waals surface area contributed by atoms with Crippen LogP contribution in [0.25, 0.3) is 10.8 Å². The number of rotatable bonds is 5. The van der Waals surface area contributed by atoms with Crippen molar-refractivity contribution in [1.29, 1.82) is 0 Å². The van der Waals surface area contributed by atoms with Crippen molar-refractivity contribution in [2.75, 3.05) is 49.1 Å². The summed E-state index contributed by atoms with van der Waals surface area (Å²) < 4.78 is 75.9. The van der Waals surface area contributed by atoms with E-state index < -0.39 is 37.6 Å². The van der Waals surface area contributed by atoms with Crippen LogP contribution < -0.4 is 9.80 Å². The second-order valence-corrected chi connectivity index (χ2v) is 8.20. The van der Waals surface area contributed by atoms with Gasteiger partial charge in [-0.05, 0) is 31.2 Å². The largest absolute Gasteiger partial charge is 0.390 e. The zero-order valence-corrected chi connectivity index (χ0v) is 17.3. The Morgan fingerprint density at radius 3 is 2.19 bits per heavy atom. The molecule has 2 aromatic carbocycles. The van der Waals surface area contributed by atoms with Gasteiger partial charge in [-0.1, -0.05) is 12.1 Å². The van der Waals surface area contributed by atoms with E-state index in [2.05, 4.69) is 4.90 Å². The highest BCUT2D eigenvalue weighted by Gasteiger charge is 2.35. The zero-order chi connectivity index (χ0) is 23.1. The molecule has 2 aliphatic rings. The molecule has 0 N–H and O–H groups in total. The van der Waals surface area contributed by atoms with Crippen molar-refractivity contribution < 1.29 is 31.1 Å². The lowest BCUT2D eigenvalue weighted by Crippen LogP contribution is -2.33. The maximum atomic E-state index is 12.8. The van der Waals surface area contributed by atoms with Crippen molar-refractivity contribution in [2.24, 2.45) is 0 Å². The molecule has 0 aromatic heterocycles. The van der Waals surface area contributed by atoms with Gasteiger partial charge >= 0.3 is 12.4 Å². The van der Waals surface area contributed by atoms with Gasteiger partial charge in [0.2, 0.25) is 0 Å².